The number of aromatic nitrogens is 4. The SMILES string of the molecule is O=P(O)(O)OB(O)CNS(=O)(=O)c1ccc(-c2nn[nH]n2)cc1. The average molecular weight is 363 g/mol. The van der Waals surface area contributed by atoms with Gasteiger partial charge in [0.05, 0.1) is 4.90 Å². The molecule has 1 aromatic carbocycles. The minimum Gasteiger partial charge on any atom is -0.426 e. The van der Waals surface area contributed by atoms with Crippen molar-refractivity contribution in [3.05, 3.63) is 24.3 Å². The Hall–Kier alpha value is -1.67. The molecule has 0 unspecified atom stereocenters. The van der Waals surface area contributed by atoms with Gasteiger partial charge in [-0.25, -0.2) is 17.7 Å². The van der Waals surface area contributed by atoms with Gasteiger partial charge in [0, 0.05) is 12.0 Å². The van der Waals surface area contributed by atoms with E-state index in [1.54, 1.807) is 0 Å². The molecule has 1 aromatic heterocycles. The van der Waals surface area contributed by atoms with E-state index in [0.717, 1.165) is 0 Å². The molecule has 0 amide bonds. The Bertz CT molecular complexity index is 793. The maximum Gasteiger partial charge on any atom is 0.478 e. The molecule has 0 aliphatic heterocycles. The number of phosphoric acid groups is 1. The lowest BCUT2D eigenvalue weighted by Crippen LogP contribution is -2.36. The number of tetrazole rings is 1. The Morgan fingerprint density at radius 3 is 2.48 bits per heavy atom. The van der Waals surface area contributed by atoms with Gasteiger partial charge in [-0.15, -0.1) is 10.2 Å². The first-order valence-electron chi connectivity index (χ1n) is 5.93. The molecule has 0 spiro atoms. The van der Waals surface area contributed by atoms with Crippen LogP contribution in [0.15, 0.2) is 29.2 Å². The second kappa shape index (κ2) is 6.84. The molecule has 0 aliphatic rings. The molecule has 0 saturated carbocycles. The lowest BCUT2D eigenvalue weighted by Gasteiger charge is -2.10. The number of nitrogens with zero attached hydrogens (tertiary/aromatic N) is 3. The van der Waals surface area contributed by atoms with Gasteiger partial charge in [0.2, 0.25) is 15.8 Å². The standard InChI is InChI=1S/C8H11BN5O7PS/c15-9(21-22(16,17)18)5-10-23(19,20)7-3-1-6(2-4-7)8-11-13-14-12-8/h1-4,10,15H,5H2,(H2,16,17,18)(H,11,12,13,14). The number of H-pyrrole nitrogens is 1. The lowest BCUT2D eigenvalue weighted by atomic mass is 9.93. The van der Waals surface area contributed by atoms with Crippen LogP contribution in [0.2, 0.25) is 0 Å². The lowest BCUT2D eigenvalue weighted by molar-refractivity contribution is 0.262. The molecule has 0 saturated heterocycles. The van der Waals surface area contributed by atoms with Gasteiger partial charge in [0.15, 0.2) is 0 Å². The smallest absolute Gasteiger partial charge is 0.426 e. The highest BCUT2D eigenvalue weighted by Crippen LogP contribution is 2.35. The largest absolute Gasteiger partial charge is 0.478 e. The van der Waals surface area contributed by atoms with E-state index in [9.17, 15) is 18.0 Å². The monoisotopic (exact) mass is 363 g/mol. The van der Waals surface area contributed by atoms with E-state index in [0.29, 0.717) is 5.56 Å². The third-order valence-electron chi connectivity index (χ3n) is 2.48. The zero-order chi connectivity index (χ0) is 17.1. The van der Waals surface area contributed by atoms with Crippen LogP contribution in [0.5, 0.6) is 0 Å². The van der Waals surface area contributed by atoms with Crippen LogP contribution < -0.4 is 4.72 Å². The van der Waals surface area contributed by atoms with Crippen LogP contribution >= 0.6 is 7.82 Å². The molecule has 0 aliphatic carbocycles. The number of aromatic amines is 1. The summed E-state index contributed by atoms with van der Waals surface area (Å²) < 4.78 is 40.3. The van der Waals surface area contributed by atoms with Crippen molar-refractivity contribution >= 4 is 25.0 Å². The molecule has 1 heterocycles. The fourth-order valence-electron chi connectivity index (χ4n) is 1.53. The van der Waals surface area contributed by atoms with Crippen molar-refractivity contribution in [3.8, 4) is 11.4 Å². The van der Waals surface area contributed by atoms with E-state index in [2.05, 4.69) is 25.1 Å². The zero-order valence-corrected chi connectivity index (χ0v) is 13.0. The van der Waals surface area contributed by atoms with Crippen molar-refractivity contribution in [1.82, 2.24) is 25.3 Å². The van der Waals surface area contributed by atoms with Gasteiger partial charge >= 0.3 is 14.9 Å². The van der Waals surface area contributed by atoms with Crippen LogP contribution in [-0.4, -0.2) is 57.4 Å². The highest BCUT2D eigenvalue weighted by atomic mass is 32.2. The third kappa shape index (κ3) is 5.18. The van der Waals surface area contributed by atoms with Crippen molar-refractivity contribution in [3.63, 3.8) is 0 Å². The molecule has 0 atom stereocenters. The summed E-state index contributed by atoms with van der Waals surface area (Å²) in [6.07, 6.45) is -0.736. The fourth-order valence-corrected chi connectivity index (χ4v) is 2.94. The molecule has 0 radical (unpaired) electrons. The number of sulfonamides is 1. The van der Waals surface area contributed by atoms with Crippen LogP contribution in [0.3, 0.4) is 0 Å². The van der Waals surface area contributed by atoms with Crippen molar-refractivity contribution in [2.45, 2.75) is 4.90 Å². The van der Waals surface area contributed by atoms with E-state index in [-0.39, 0.29) is 10.7 Å². The Morgan fingerprint density at radius 2 is 1.96 bits per heavy atom. The first-order valence-corrected chi connectivity index (χ1v) is 8.94. The van der Waals surface area contributed by atoms with Gasteiger partial charge in [0.1, 0.15) is 0 Å². The second-order valence-corrected chi connectivity index (χ2v) is 7.12. The topological polar surface area (TPSA) is 188 Å². The number of nitrogens with one attached hydrogen (secondary N) is 2. The molecule has 5 N–H and O–H groups in total. The highest BCUT2D eigenvalue weighted by Gasteiger charge is 2.27. The average Bonchev–Trinajstić information content (AvgIpc) is 2.98. The maximum atomic E-state index is 12.0. The van der Waals surface area contributed by atoms with Crippen molar-refractivity contribution in [2.24, 2.45) is 0 Å². The van der Waals surface area contributed by atoms with Crippen LogP contribution in [0.4, 0.5) is 0 Å². The van der Waals surface area contributed by atoms with Crippen molar-refractivity contribution in [2.75, 3.05) is 6.44 Å². The summed E-state index contributed by atoms with van der Waals surface area (Å²) in [4.78, 5) is 16.8. The van der Waals surface area contributed by atoms with Crippen LogP contribution in [-0.2, 0) is 19.0 Å². The summed E-state index contributed by atoms with van der Waals surface area (Å²) in [7, 11) is -10.9. The summed E-state index contributed by atoms with van der Waals surface area (Å²) in [5.41, 5.74) is 0.530. The predicted molar refractivity (Wildman–Crippen MR) is 75.9 cm³/mol. The number of rotatable bonds is 7. The summed E-state index contributed by atoms with van der Waals surface area (Å²) in [5, 5.41) is 22.3. The Morgan fingerprint density at radius 1 is 1.30 bits per heavy atom. The van der Waals surface area contributed by atoms with Gasteiger partial charge in [-0.3, -0.25) is 0 Å². The third-order valence-corrected chi connectivity index (χ3v) is 4.43. The van der Waals surface area contributed by atoms with E-state index >= 15 is 0 Å². The Kier molecular flexibility index (Phi) is 5.26. The molecular weight excluding hydrogens is 352 g/mol. The molecular formula is C8H11BN5O7PS. The number of hydrogen-bond donors (Lipinski definition) is 5. The zero-order valence-electron chi connectivity index (χ0n) is 11.3. The van der Waals surface area contributed by atoms with Crippen molar-refractivity contribution in [1.29, 1.82) is 0 Å². The molecule has 2 rings (SSSR count). The van der Waals surface area contributed by atoms with Crippen LogP contribution in [0, 0.1) is 0 Å². The molecule has 15 heteroatoms. The minimum absolute atomic E-state index is 0.131. The fraction of sp³-hybridized carbons (Fsp3) is 0.125. The number of hydrogen-bond acceptors (Lipinski definition) is 8. The molecule has 12 nitrogen and oxygen atoms in total. The van der Waals surface area contributed by atoms with Gasteiger partial charge in [-0.1, -0.05) is 0 Å². The summed E-state index contributed by atoms with van der Waals surface area (Å²) in [6, 6.07) is 5.43. The number of benzene rings is 1. The molecule has 124 valence electrons. The van der Waals surface area contributed by atoms with E-state index in [1.807, 2.05) is 4.72 Å². The quantitative estimate of drug-likeness (QED) is 0.279. The highest BCUT2D eigenvalue weighted by molar-refractivity contribution is 7.89. The second-order valence-electron chi connectivity index (χ2n) is 4.16. The molecule has 0 bridgehead atoms. The summed E-state index contributed by atoms with van der Waals surface area (Å²) in [5.74, 6) is 0.285. The van der Waals surface area contributed by atoms with Crippen LogP contribution in [0.25, 0.3) is 11.4 Å². The van der Waals surface area contributed by atoms with Gasteiger partial charge in [0.25, 0.3) is 0 Å². The molecule has 23 heavy (non-hydrogen) atoms. The molecule has 0 fully saturated rings. The first kappa shape index (κ1) is 17.7. The van der Waals surface area contributed by atoms with E-state index in [4.69, 9.17) is 9.79 Å². The van der Waals surface area contributed by atoms with Gasteiger partial charge in [-0.2, -0.15) is 5.21 Å². The van der Waals surface area contributed by atoms with Gasteiger partial charge < -0.3 is 19.3 Å². The summed E-state index contributed by atoms with van der Waals surface area (Å²) in [6.45, 7) is 0. The van der Waals surface area contributed by atoms with Gasteiger partial charge in [-0.05, 0) is 29.5 Å². The van der Waals surface area contributed by atoms with E-state index < -0.39 is 31.4 Å². The van der Waals surface area contributed by atoms with Crippen molar-refractivity contribution < 1.29 is 32.2 Å². The summed E-state index contributed by atoms with van der Waals surface area (Å²) >= 11 is 0. The Labute approximate surface area is 130 Å². The molecule has 2 aromatic rings. The minimum atomic E-state index is -4.92. The normalized spacial score (nSPS) is 12.3. The van der Waals surface area contributed by atoms with E-state index in [1.165, 1.54) is 24.3 Å². The maximum absolute atomic E-state index is 12.0. The Balaban J connectivity index is 2.03. The van der Waals surface area contributed by atoms with Crippen LogP contribution in [0.1, 0.15) is 0 Å². The first-order chi connectivity index (χ1) is 10.7. The predicted octanol–water partition coefficient (Wildman–Crippen LogP) is -1.73.